The van der Waals surface area contributed by atoms with Crippen molar-refractivity contribution in [1.29, 1.82) is 0 Å². The number of carbonyl (C=O) groups excluding carboxylic acids is 2. The van der Waals surface area contributed by atoms with E-state index in [1.54, 1.807) is 18.0 Å². The van der Waals surface area contributed by atoms with Crippen molar-refractivity contribution in [3.8, 4) is 11.3 Å². The highest BCUT2D eigenvalue weighted by molar-refractivity contribution is 6.00. The van der Waals surface area contributed by atoms with E-state index in [0.717, 1.165) is 29.1 Å². The van der Waals surface area contributed by atoms with Gasteiger partial charge in [-0.25, -0.2) is 0 Å². The van der Waals surface area contributed by atoms with E-state index in [2.05, 4.69) is 4.57 Å². The van der Waals surface area contributed by atoms with E-state index in [-0.39, 0.29) is 24.0 Å². The summed E-state index contributed by atoms with van der Waals surface area (Å²) in [5, 5.41) is 0. The topological polar surface area (TPSA) is 42.3 Å². The van der Waals surface area contributed by atoms with Crippen LogP contribution in [0.5, 0.6) is 0 Å². The van der Waals surface area contributed by atoms with Crippen molar-refractivity contribution in [2.45, 2.75) is 46.3 Å². The van der Waals surface area contributed by atoms with E-state index in [4.69, 9.17) is 0 Å². The number of carbonyl (C=O) groups is 2. The maximum atomic E-state index is 13.2. The van der Waals surface area contributed by atoms with Crippen LogP contribution in [0.2, 0.25) is 0 Å². The number of benzene rings is 2. The average molecular weight is 485 g/mol. The third kappa shape index (κ3) is 6.41. The zero-order chi connectivity index (χ0) is 25.8. The molecule has 4 nitrogen and oxygen atoms in total. The first-order valence-corrected chi connectivity index (χ1v) is 11.7. The summed E-state index contributed by atoms with van der Waals surface area (Å²) in [6.07, 6.45) is -3.87. The van der Waals surface area contributed by atoms with Gasteiger partial charge in [0.1, 0.15) is 0 Å². The smallest absolute Gasteiger partial charge is 0.345 e. The zero-order valence-corrected chi connectivity index (χ0v) is 20.5. The second-order valence-electron chi connectivity index (χ2n) is 9.11. The van der Waals surface area contributed by atoms with Crippen molar-refractivity contribution in [3.05, 3.63) is 83.0 Å². The van der Waals surface area contributed by atoms with Crippen molar-refractivity contribution in [2.24, 2.45) is 5.92 Å². The molecule has 0 N–H and O–H groups in total. The van der Waals surface area contributed by atoms with Crippen molar-refractivity contribution in [3.63, 3.8) is 0 Å². The first-order chi connectivity index (χ1) is 16.5. The van der Waals surface area contributed by atoms with Crippen LogP contribution in [0.3, 0.4) is 0 Å². The van der Waals surface area contributed by atoms with Crippen LogP contribution in [0.4, 0.5) is 13.2 Å². The molecule has 186 valence electrons. The monoisotopic (exact) mass is 484 g/mol. The van der Waals surface area contributed by atoms with Crippen LogP contribution in [0.25, 0.3) is 11.3 Å². The minimum atomic E-state index is -4.46. The molecule has 1 aromatic heterocycles. The lowest BCUT2D eigenvalue weighted by atomic mass is 10.0. The Morgan fingerprint density at radius 2 is 1.69 bits per heavy atom. The molecule has 0 fully saturated rings. The maximum Gasteiger partial charge on any atom is 0.416 e. The number of amides is 1. The van der Waals surface area contributed by atoms with Gasteiger partial charge in [0, 0.05) is 49.4 Å². The molecule has 0 atom stereocenters. The number of ketones is 1. The third-order valence-corrected chi connectivity index (χ3v) is 6.10. The summed E-state index contributed by atoms with van der Waals surface area (Å²) < 4.78 is 41.3. The molecule has 35 heavy (non-hydrogen) atoms. The standard InChI is InChI=1S/C28H31F3N2O2/c1-19(2)27(35)32(4)14-9-15-33-20(3)24(18-25(33)22-11-6-5-7-12-22)26(34)17-21-10-8-13-23(16-21)28(29,30)31/h5-8,10-13,16,18-19H,9,14-15,17H2,1-4H3. The molecule has 0 aliphatic heterocycles. The molecule has 7 heteroatoms. The largest absolute Gasteiger partial charge is 0.416 e. The van der Waals surface area contributed by atoms with Crippen molar-refractivity contribution in [1.82, 2.24) is 9.47 Å². The van der Waals surface area contributed by atoms with Crippen LogP contribution in [-0.2, 0) is 23.9 Å². The summed E-state index contributed by atoms with van der Waals surface area (Å²) in [4.78, 5) is 27.1. The van der Waals surface area contributed by atoms with Gasteiger partial charge < -0.3 is 9.47 Å². The SMILES string of the molecule is Cc1c(C(=O)Cc2cccc(C(F)(F)F)c2)cc(-c2ccccc2)n1CCCN(C)C(=O)C(C)C. The Morgan fingerprint density at radius 3 is 2.31 bits per heavy atom. The number of hydrogen-bond acceptors (Lipinski definition) is 2. The van der Waals surface area contributed by atoms with E-state index < -0.39 is 11.7 Å². The molecule has 0 saturated heterocycles. The molecule has 0 spiro atoms. The lowest BCUT2D eigenvalue weighted by molar-refractivity contribution is -0.137. The van der Waals surface area contributed by atoms with E-state index in [1.807, 2.05) is 57.2 Å². The first kappa shape index (κ1) is 26.3. The molecular formula is C28H31F3N2O2. The molecule has 3 aromatic rings. The number of rotatable bonds is 9. The van der Waals surface area contributed by atoms with Crippen LogP contribution >= 0.6 is 0 Å². The van der Waals surface area contributed by atoms with Gasteiger partial charge in [0.2, 0.25) is 5.91 Å². The zero-order valence-electron chi connectivity index (χ0n) is 20.5. The summed E-state index contributed by atoms with van der Waals surface area (Å²) in [5.74, 6) is -0.229. The molecule has 0 saturated carbocycles. The summed E-state index contributed by atoms with van der Waals surface area (Å²) in [5.41, 5.74) is 2.63. The van der Waals surface area contributed by atoms with E-state index >= 15 is 0 Å². The number of aromatic nitrogens is 1. The Bertz CT molecular complexity index is 1180. The molecule has 3 rings (SSSR count). The second-order valence-corrected chi connectivity index (χ2v) is 9.11. The number of alkyl halides is 3. The molecule has 0 bridgehead atoms. The molecule has 1 heterocycles. The lowest BCUT2D eigenvalue weighted by Crippen LogP contribution is -2.31. The lowest BCUT2D eigenvalue weighted by Gasteiger charge is -2.20. The summed E-state index contributed by atoms with van der Waals surface area (Å²) in [6.45, 7) is 6.77. The quantitative estimate of drug-likeness (QED) is 0.329. The van der Waals surface area contributed by atoms with Crippen LogP contribution in [0, 0.1) is 12.8 Å². The Labute approximate surface area is 204 Å². The Hall–Kier alpha value is -3.35. The molecule has 0 radical (unpaired) electrons. The van der Waals surface area contributed by atoms with Gasteiger partial charge in [0.05, 0.1) is 5.56 Å². The van der Waals surface area contributed by atoms with E-state index in [9.17, 15) is 22.8 Å². The van der Waals surface area contributed by atoms with Gasteiger partial charge in [0.15, 0.2) is 5.78 Å². The molecular weight excluding hydrogens is 453 g/mol. The first-order valence-electron chi connectivity index (χ1n) is 11.7. The van der Waals surface area contributed by atoms with Crippen LogP contribution in [-0.4, -0.2) is 34.7 Å². The average Bonchev–Trinajstić information content (AvgIpc) is 3.15. The second kappa shape index (κ2) is 10.9. The van der Waals surface area contributed by atoms with Gasteiger partial charge in [-0.3, -0.25) is 9.59 Å². The van der Waals surface area contributed by atoms with Gasteiger partial charge >= 0.3 is 6.18 Å². The van der Waals surface area contributed by atoms with Gasteiger partial charge in [-0.05, 0) is 36.6 Å². The number of Topliss-reactive ketones (excluding diaryl/α,β-unsaturated/α-hetero) is 1. The van der Waals surface area contributed by atoms with Gasteiger partial charge in [-0.2, -0.15) is 13.2 Å². The molecule has 0 aliphatic carbocycles. The summed E-state index contributed by atoms with van der Waals surface area (Å²) in [6, 6.07) is 16.4. The maximum absolute atomic E-state index is 13.2. The fourth-order valence-electron chi connectivity index (χ4n) is 4.22. The normalized spacial score (nSPS) is 11.7. The number of nitrogens with zero attached hydrogens (tertiary/aromatic N) is 2. The van der Waals surface area contributed by atoms with Gasteiger partial charge in [-0.1, -0.05) is 62.4 Å². The minimum Gasteiger partial charge on any atom is -0.345 e. The highest BCUT2D eigenvalue weighted by Gasteiger charge is 2.30. The third-order valence-electron chi connectivity index (χ3n) is 6.10. The predicted molar refractivity (Wildman–Crippen MR) is 131 cm³/mol. The molecule has 0 unspecified atom stereocenters. The Balaban J connectivity index is 1.87. The Morgan fingerprint density at radius 1 is 1.00 bits per heavy atom. The highest BCUT2D eigenvalue weighted by atomic mass is 19.4. The summed E-state index contributed by atoms with van der Waals surface area (Å²) >= 11 is 0. The Kier molecular flexibility index (Phi) is 8.20. The van der Waals surface area contributed by atoms with Gasteiger partial charge in [-0.15, -0.1) is 0 Å². The van der Waals surface area contributed by atoms with Crippen molar-refractivity contribution < 1.29 is 22.8 Å². The predicted octanol–water partition coefficient (Wildman–Crippen LogP) is 6.41. The fraction of sp³-hybridized carbons (Fsp3) is 0.357. The minimum absolute atomic E-state index is 0.0757. The van der Waals surface area contributed by atoms with E-state index in [0.29, 0.717) is 30.6 Å². The molecule has 2 aromatic carbocycles. The van der Waals surface area contributed by atoms with Crippen LogP contribution in [0.1, 0.15) is 47.4 Å². The highest BCUT2D eigenvalue weighted by Crippen LogP contribution is 2.31. The van der Waals surface area contributed by atoms with Gasteiger partial charge in [0.25, 0.3) is 0 Å². The molecule has 0 aliphatic rings. The van der Waals surface area contributed by atoms with Crippen molar-refractivity contribution >= 4 is 11.7 Å². The van der Waals surface area contributed by atoms with Crippen LogP contribution < -0.4 is 0 Å². The van der Waals surface area contributed by atoms with E-state index in [1.165, 1.54) is 6.07 Å². The van der Waals surface area contributed by atoms with Crippen LogP contribution in [0.15, 0.2) is 60.7 Å². The van der Waals surface area contributed by atoms with Crippen molar-refractivity contribution in [2.75, 3.05) is 13.6 Å². The number of hydrogen-bond donors (Lipinski definition) is 0. The molecule has 1 amide bonds. The fourth-order valence-corrected chi connectivity index (χ4v) is 4.22. The summed E-state index contributed by atoms with van der Waals surface area (Å²) in [7, 11) is 1.78. The number of halogens is 3.